The van der Waals surface area contributed by atoms with Crippen molar-refractivity contribution in [3.8, 4) is 0 Å². The van der Waals surface area contributed by atoms with Gasteiger partial charge >= 0.3 is 0 Å². The van der Waals surface area contributed by atoms with Crippen LogP contribution in [0.25, 0.3) is 0 Å². The number of rotatable bonds is 3. The Bertz CT molecular complexity index is 461. The molecule has 1 aliphatic heterocycles. The molecule has 0 saturated carbocycles. The summed E-state index contributed by atoms with van der Waals surface area (Å²) >= 11 is 0. The fourth-order valence-electron chi connectivity index (χ4n) is 2.25. The Labute approximate surface area is 112 Å². The van der Waals surface area contributed by atoms with Crippen LogP contribution in [-0.4, -0.2) is 35.8 Å². The van der Waals surface area contributed by atoms with Gasteiger partial charge in [0, 0.05) is 25.6 Å². The molecule has 2 amide bonds. The molecule has 102 valence electrons. The van der Waals surface area contributed by atoms with Crippen molar-refractivity contribution in [1.82, 2.24) is 10.2 Å². The summed E-state index contributed by atoms with van der Waals surface area (Å²) in [5.74, 6) is -0.174. The molecule has 2 atom stereocenters. The molecule has 1 fully saturated rings. The molecule has 0 spiro atoms. The standard InChI is InChI=1S/C14H19N3O2/c1-10-14(19)16-7-8-17(10)13(18)9-12(15)11-5-3-2-4-6-11/h2-6,10,12H,7-9,15H2,1H3,(H,16,19)/t10-,12+/m0/s1. The van der Waals surface area contributed by atoms with Crippen molar-refractivity contribution >= 4 is 11.8 Å². The minimum Gasteiger partial charge on any atom is -0.353 e. The van der Waals surface area contributed by atoms with Gasteiger partial charge in [0.25, 0.3) is 0 Å². The van der Waals surface area contributed by atoms with Gasteiger partial charge in [0.15, 0.2) is 0 Å². The second kappa shape index (κ2) is 5.84. The van der Waals surface area contributed by atoms with Crippen LogP contribution < -0.4 is 11.1 Å². The number of hydrogen-bond acceptors (Lipinski definition) is 3. The monoisotopic (exact) mass is 261 g/mol. The van der Waals surface area contributed by atoms with E-state index in [9.17, 15) is 9.59 Å². The van der Waals surface area contributed by atoms with Gasteiger partial charge in [-0.1, -0.05) is 30.3 Å². The van der Waals surface area contributed by atoms with Crippen LogP contribution in [0.15, 0.2) is 30.3 Å². The van der Waals surface area contributed by atoms with Gasteiger partial charge in [-0.05, 0) is 12.5 Å². The van der Waals surface area contributed by atoms with Crippen molar-refractivity contribution in [3.63, 3.8) is 0 Å². The molecule has 19 heavy (non-hydrogen) atoms. The minimum atomic E-state index is -0.413. The maximum absolute atomic E-state index is 12.2. The number of carbonyl (C=O) groups is 2. The van der Waals surface area contributed by atoms with Crippen LogP contribution in [0.2, 0.25) is 0 Å². The molecule has 1 aliphatic rings. The zero-order valence-electron chi connectivity index (χ0n) is 11.0. The maximum Gasteiger partial charge on any atom is 0.242 e. The van der Waals surface area contributed by atoms with Gasteiger partial charge in [-0.15, -0.1) is 0 Å². The van der Waals surface area contributed by atoms with Gasteiger partial charge in [-0.2, -0.15) is 0 Å². The molecule has 1 aromatic carbocycles. The van der Waals surface area contributed by atoms with Crippen molar-refractivity contribution in [1.29, 1.82) is 0 Å². The quantitative estimate of drug-likeness (QED) is 0.828. The van der Waals surface area contributed by atoms with E-state index in [2.05, 4.69) is 5.32 Å². The van der Waals surface area contributed by atoms with Gasteiger partial charge in [0.2, 0.25) is 11.8 Å². The van der Waals surface area contributed by atoms with Crippen molar-refractivity contribution in [2.45, 2.75) is 25.4 Å². The molecule has 0 radical (unpaired) electrons. The Morgan fingerprint density at radius 1 is 1.47 bits per heavy atom. The van der Waals surface area contributed by atoms with Crippen molar-refractivity contribution in [2.75, 3.05) is 13.1 Å². The summed E-state index contributed by atoms with van der Waals surface area (Å²) in [5.41, 5.74) is 6.97. The van der Waals surface area contributed by atoms with Crippen LogP contribution in [0, 0.1) is 0 Å². The first-order chi connectivity index (χ1) is 9.09. The largest absolute Gasteiger partial charge is 0.353 e. The SMILES string of the molecule is C[C@H]1C(=O)NCCN1C(=O)C[C@@H](N)c1ccccc1. The summed E-state index contributed by atoms with van der Waals surface area (Å²) in [5, 5.41) is 2.74. The average Bonchev–Trinajstić information content (AvgIpc) is 2.42. The molecule has 1 heterocycles. The first-order valence-electron chi connectivity index (χ1n) is 6.47. The highest BCUT2D eigenvalue weighted by Gasteiger charge is 2.29. The number of amides is 2. The molecule has 5 heteroatoms. The number of nitrogens with zero attached hydrogens (tertiary/aromatic N) is 1. The van der Waals surface area contributed by atoms with Gasteiger partial charge in [0.05, 0.1) is 0 Å². The molecular weight excluding hydrogens is 242 g/mol. The number of benzene rings is 1. The van der Waals surface area contributed by atoms with E-state index in [1.807, 2.05) is 30.3 Å². The third kappa shape index (κ3) is 3.12. The molecular formula is C14H19N3O2. The third-order valence-electron chi connectivity index (χ3n) is 3.44. The molecule has 1 aromatic rings. The third-order valence-corrected chi connectivity index (χ3v) is 3.44. The van der Waals surface area contributed by atoms with E-state index in [1.54, 1.807) is 11.8 Å². The second-order valence-corrected chi connectivity index (χ2v) is 4.78. The Morgan fingerprint density at radius 2 is 2.16 bits per heavy atom. The van der Waals surface area contributed by atoms with Crippen molar-refractivity contribution in [3.05, 3.63) is 35.9 Å². The van der Waals surface area contributed by atoms with Crippen LogP contribution in [-0.2, 0) is 9.59 Å². The zero-order valence-corrected chi connectivity index (χ0v) is 11.0. The highest BCUT2D eigenvalue weighted by Crippen LogP contribution is 2.16. The lowest BCUT2D eigenvalue weighted by molar-refractivity contribution is -0.142. The molecule has 2 rings (SSSR count). The predicted molar refractivity (Wildman–Crippen MR) is 72.2 cm³/mol. The summed E-state index contributed by atoms with van der Waals surface area (Å²) in [6.07, 6.45) is 0.224. The van der Waals surface area contributed by atoms with Gasteiger partial charge < -0.3 is 16.0 Å². The number of piperazine rings is 1. The minimum absolute atomic E-state index is 0.0706. The van der Waals surface area contributed by atoms with Crippen LogP contribution in [0.4, 0.5) is 0 Å². The maximum atomic E-state index is 12.2. The highest BCUT2D eigenvalue weighted by molar-refractivity contribution is 5.88. The summed E-state index contributed by atoms with van der Waals surface area (Å²) in [4.78, 5) is 25.3. The van der Waals surface area contributed by atoms with Crippen LogP contribution in [0.5, 0.6) is 0 Å². The van der Waals surface area contributed by atoms with Gasteiger partial charge in [-0.3, -0.25) is 9.59 Å². The molecule has 0 bridgehead atoms. The smallest absolute Gasteiger partial charge is 0.242 e. The van der Waals surface area contributed by atoms with Crippen LogP contribution in [0.1, 0.15) is 24.9 Å². The van der Waals surface area contributed by atoms with Gasteiger partial charge in [-0.25, -0.2) is 0 Å². The summed E-state index contributed by atoms with van der Waals surface area (Å²) in [6, 6.07) is 8.78. The van der Waals surface area contributed by atoms with Crippen molar-refractivity contribution in [2.24, 2.45) is 5.73 Å². The Balaban J connectivity index is 1.99. The number of carbonyl (C=O) groups excluding carboxylic acids is 2. The molecule has 0 unspecified atom stereocenters. The van der Waals surface area contributed by atoms with Crippen molar-refractivity contribution < 1.29 is 9.59 Å². The second-order valence-electron chi connectivity index (χ2n) is 4.78. The topological polar surface area (TPSA) is 75.4 Å². The number of nitrogens with one attached hydrogen (secondary N) is 1. The molecule has 0 aliphatic carbocycles. The Kier molecular flexibility index (Phi) is 4.16. The summed E-state index contributed by atoms with van der Waals surface area (Å²) < 4.78 is 0. The van der Waals surface area contributed by atoms with Crippen LogP contribution >= 0.6 is 0 Å². The van der Waals surface area contributed by atoms with E-state index in [-0.39, 0.29) is 24.3 Å². The van der Waals surface area contributed by atoms with E-state index in [1.165, 1.54) is 0 Å². The summed E-state index contributed by atoms with van der Waals surface area (Å²) in [6.45, 7) is 2.79. The molecule has 5 nitrogen and oxygen atoms in total. The lowest BCUT2D eigenvalue weighted by Crippen LogP contribution is -2.56. The molecule has 3 N–H and O–H groups in total. The number of nitrogens with two attached hydrogens (primary N) is 1. The average molecular weight is 261 g/mol. The van der Waals surface area contributed by atoms with E-state index in [4.69, 9.17) is 5.73 Å². The number of hydrogen-bond donors (Lipinski definition) is 2. The van der Waals surface area contributed by atoms with Gasteiger partial charge in [0.1, 0.15) is 6.04 Å². The fraction of sp³-hybridized carbons (Fsp3) is 0.429. The molecule has 0 aromatic heterocycles. The lowest BCUT2D eigenvalue weighted by Gasteiger charge is -2.33. The first-order valence-corrected chi connectivity index (χ1v) is 6.47. The van der Waals surface area contributed by atoms with E-state index in [0.717, 1.165) is 5.56 Å². The normalized spacial score (nSPS) is 20.8. The van der Waals surface area contributed by atoms with Crippen LogP contribution in [0.3, 0.4) is 0 Å². The lowest BCUT2D eigenvalue weighted by atomic mass is 10.0. The first kappa shape index (κ1) is 13.5. The predicted octanol–water partition coefficient (Wildman–Crippen LogP) is 0.423. The Hall–Kier alpha value is -1.88. The Morgan fingerprint density at radius 3 is 2.84 bits per heavy atom. The zero-order chi connectivity index (χ0) is 13.8. The fourth-order valence-corrected chi connectivity index (χ4v) is 2.25. The van der Waals surface area contributed by atoms with E-state index >= 15 is 0 Å². The molecule has 1 saturated heterocycles. The van der Waals surface area contributed by atoms with E-state index < -0.39 is 6.04 Å². The highest BCUT2D eigenvalue weighted by atomic mass is 16.2. The summed E-state index contributed by atoms with van der Waals surface area (Å²) in [7, 11) is 0. The van der Waals surface area contributed by atoms with E-state index in [0.29, 0.717) is 13.1 Å².